The third kappa shape index (κ3) is 2.30. The van der Waals surface area contributed by atoms with Crippen LogP contribution < -0.4 is 16.6 Å². The zero-order valence-corrected chi connectivity index (χ0v) is 8.95. The minimum absolute atomic E-state index is 0.201. The first-order valence-electron chi connectivity index (χ1n) is 5.35. The Kier molecular flexibility index (Phi) is 2.78. The second-order valence-electron chi connectivity index (χ2n) is 4.34. The fraction of sp³-hybridized carbons (Fsp3) is 0.455. The number of carbonyl (C=O) groups is 1. The average Bonchev–Trinajstić information content (AvgIpc) is 2.24. The Labute approximate surface area is 93.0 Å². The van der Waals surface area contributed by atoms with Crippen LogP contribution in [0.4, 0.5) is 0 Å². The smallest absolute Gasteiger partial charge is 0.252 e. The molecule has 4 N–H and O–H groups in total. The molecule has 0 bridgehead atoms. The first-order chi connectivity index (χ1) is 7.59. The van der Waals surface area contributed by atoms with Crippen molar-refractivity contribution in [2.45, 2.75) is 24.8 Å². The van der Waals surface area contributed by atoms with Crippen LogP contribution in [0.5, 0.6) is 0 Å². The van der Waals surface area contributed by atoms with E-state index in [1.54, 1.807) is 0 Å². The molecule has 0 saturated heterocycles. The van der Waals surface area contributed by atoms with E-state index in [1.165, 1.54) is 18.3 Å². The maximum Gasteiger partial charge on any atom is 0.252 e. The molecule has 0 unspecified atom stereocenters. The molecule has 1 amide bonds. The van der Waals surface area contributed by atoms with Gasteiger partial charge in [0.2, 0.25) is 5.56 Å². The number of pyridine rings is 1. The molecule has 0 aromatic carbocycles. The van der Waals surface area contributed by atoms with Gasteiger partial charge in [-0.25, -0.2) is 0 Å². The van der Waals surface area contributed by atoms with Crippen molar-refractivity contribution in [3.05, 3.63) is 34.2 Å². The summed E-state index contributed by atoms with van der Waals surface area (Å²) >= 11 is 0. The van der Waals surface area contributed by atoms with Crippen molar-refractivity contribution in [1.29, 1.82) is 0 Å². The van der Waals surface area contributed by atoms with Crippen LogP contribution in [0.1, 0.15) is 29.6 Å². The summed E-state index contributed by atoms with van der Waals surface area (Å²) in [5.74, 6) is -0.201. The molecule has 1 aliphatic carbocycles. The Hall–Kier alpha value is -1.62. The van der Waals surface area contributed by atoms with E-state index in [9.17, 15) is 9.59 Å². The summed E-state index contributed by atoms with van der Waals surface area (Å²) in [6.07, 6.45) is 4.45. The van der Waals surface area contributed by atoms with Crippen LogP contribution in [-0.4, -0.2) is 23.0 Å². The summed E-state index contributed by atoms with van der Waals surface area (Å²) in [6, 6.07) is 2.83. The van der Waals surface area contributed by atoms with Gasteiger partial charge in [0.05, 0.1) is 5.56 Å². The van der Waals surface area contributed by atoms with Crippen molar-refractivity contribution in [3.63, 3.8) is 0 Å². The fourth-order valence-corrected chi connectivity index (χ4v) is 1.72. The van der Waals surface area contributed by atoms with Crippen molar-refractivity contribution >= 4 is 5.91 Å². The molecule has 0 atom stereocenters. The van der Waals surface area contributed by atoms with Crippen LogP contribution in [0.15, 0.2) is 23.1 Å². The SMILES string of the molecule is NC1(CNC(=O)c2ccc(=O)[nH]c2)CCC1. The third-order valence-electron chi connectivity index (χ3n) is 3.00. The van der Waals surface area contributed by atoms with E-state index < -0.39 is 0 Å². The highest BCUT2D eigenvalue weighted by atomic mass is 16.1. The normalized spacial score (nSPS) is 17.6. The first kappa shape index (κ1) is 10.9. The van der Waals surface area contributed by atoms with E-state index in [-0.39, 0.29) is 17.0 Å². The molecular weight excluding hydrogens is 206 g/mol. The van der Waals surface area contributed by atoms with Gasteiger partial charge in [0.15, 0.2) is 0 Å². The number of carbonyl (C=O) groups excluding carboxylic acids is 1. The summed E-state index contributed by atoms with van der Waals surface area (Å²) in [7, 11) is 0. The van der Waals surface area contributed by atoms with Crippen molar-refractivity contribution < 1.29 is 4.79 Å². The van der Waals surface area contributed by atoms with Gasteiger partial charge in [-0.3, -0.25) is 9.59 Å². The molecule has 0 spiro atoms. The summed E-state index contributed by atoms with van der Waals surface area (Å²) in [4.78, 5) is 24.9. The molecule has 5 nitrogen and oxygen atoms in total. The van der Waals surface area contributed by atoms with Crippen molar-refractivity contribution in [1.82, 2.24) is 10.3 Å². The molecule has 0 aliphatic heterocycles. The Morgan fingerprint density at radius 3 is 2.75 bits per heavy atom. The van der Waals surface area contributed by atoms with Gasteiger partial charge < -0.3 is 16.0 Å². The van der Waals surface area contributed by atoms with Gasteiger partial charge >= 0.3 is 0 Å². The molecule has 1 heterocycles. The molecule has 1 fully saturated rings. The maximum atomic E-state index is 11.7. The number of nitrogens with one attached hydrogen (secondary N) is 2. The van der Waals surface area contributed by atoms with E-state index in [4.69, 9.17) is 5.73 Å². The lowest BCUT2D eigenvalue weighted by Gasteiger charge is -2.38. The number of hydrogen-bond donors (Lipinski definition) is 3. The largest absolute Gasteiger partial charge is 0.350 e. The number of nitrogens with two attached hydrogens (primary N) is 1. The van der Waals surface area contributed by atoms with E-state index in [0.717, 1.165) is 19.3 Å². The van der Waals surface area contributed by atoms with Gasteiger partial charge in [0.25, 0.3) is 5.91 Å². The molecule has 0 radical (unpaired) electrons. The highest BCUT2D eigenvalue weighted by Gasteiger charge is 2.32. The Morgan fingerprint density at radius 2 is 2.25 bits per heavy atom. The van der Waals surface area contributed by atoms with Crippen LogP contribution in [0.25, 0.3) is 0 Å². The molecule has 1 aromatic rings. The quantitative estimate of drug-likeness (QED) is 0.670. The van der Waals surface area contributed by atoms with Gasteiger partial charge in [-0.2, -0.15) is 0 Å². The molecule has 1 aliphatic rings. The number of aromatic amines is 1. The lowest BCUT2D eigenvalue weighted by atomic mass is 9.78. The highest BCUT2D eigenvalue weighted by molar-refractivity contribution is 5.93. The molecule has 16 heavy (non-hydrogen) atoms. The third-order valence-corrected chi connectivity index (χ3v) is 3.00. The number of rotatable bonds is 3. The van der Waals surface area contributed by atoms with Crippen LogP contribution in [0.2, 0.25) is 0 Å². The minimum atomic E-state index is -0.224. The monoisotopic (exact) mass is 221 g/mol. The Balaban J connectivity index is 1.92. The Bertz CT molecular complexity index is 428. The van der Waals surface area contributed by atoms with Crippen LogP contribution in [0.3, 0.4) is 0 Å². The molecule has 2 rings (SSSR count). The van der Waals surface area contributed by atoms with Gasteiger partial charge in [-0.1, -0.05) is 0 Å². The molecular formula is C11H15N3O2. The number of aromatic nitrogens is 1. The topological polar surface area (TPSA) is 88.0 Å². The highest BCUT2D eigenvalue weighted by Crippen LogP contribution is 2.28. The van der Waals surface area contributed by atoms with E-state index >= 15 is 0 Å². The van der Waals surface area contributed by atoms with E-state index in [0.29, 0.717) is 12.1 Å². The summed E-state index contributed by atoms with van der Waals surface area (Å²) < 4.78 is 0. The number of H-pyrrole nitrogens is 1. The second kappa shape index (κ2) is 4.09. The second-order valence-corrected chi connectivity index (χ2v) is 4.34. The van der Waals surface area contributed by atoms with Crippen LogP contribution in [0, 0.1) is 0 Å². The zero-order chi connectivity index (χ0) is 11.6. The van der Waals surface area contributed by atoms with Gasteiger partial charge in [0, 0.05) is 24.3 Å². The van der Waals surface area contributed by atoms with Crippen molar-refractivity contribution in [3.8, 4) is 0 Å². The summed E-state index contributed by atoms with van der Waals surface area (Å²) in [6.45, 7) is 0.491. The fourth-order valence-electron chi connectivity index (χ4n) is 1.72. The molecule has 5 heteroatoms. The predicted molar refractivity (Wildman–Crippen MR) is 60.2 cm³/mol. The maximum absolute atomic E-state index is 11.7. The predicted octanol–water partition coefficient (Wildman–Crippen LogP) is -0.0139. The van der Waals surface area contributed by atoms with E-state index in [2.05, 4.69) is 10.3 Å². The van der Waals surface area contributed by atoms with Gasteiger partial charge in [0.1, 0.15) is 0 Å². The molecule has 86 valence electrons. The molecule has 1 saturated carbocycles. The first-order valence-corrected chi connectivity index (χ1v) is 5.35. The van der Waals surface area contributed by atoms with Crippen molar-refractivity contribution in [2.75, 3.05) is 6.54 Å². The lowest BCUT2D eigenvalue weighted by molar-refractivity contribution is 0.0929. The minimum Gasteiger partial charge on any atom is -0.350 e. The van der Waals surface area contributed by atoms with Crippen LogP contribution >= 0.6 is 0 Å². The van der Waals surface area contributed by atoms with Crippen LogP contribution in [-0.2, 0) is 0 Å². The number of amides is 1. The average molecular weight is 221 g/mol. The zero-order valence-electron chi connectivity index (χ0n) is 8.95. The summed E-state index contributed by atoms with van der Waals surface area (Å²) in [5, 5.41) is 2.77. The molecule has 1 aromatic heterocycles. The summed E-state index contributed by atoms with van der Waals surface area (Å²) in [5.41, 5.74) is 5.99. The van der Waals surface area contributed by atoms with E-state index in [1.807, 2.05) is 0 Å². The number of hydrogen-bond acceptors (Lipinski definition) is 3. The van der Waals surface area contributed by atoms with Gasteiger partial charge in [-0.15, -0.1) is 0 Å². The standard InChI is InChI=1S/C11H15N3O2/c12-11(4-1-5-11)7-14-10(16)8-2-3-9(15)13-6-8/h2-3,6H,1,4-5,7,12H2,(H,13,15)(H,14,16). The Morgan fingerprint density at radius 1 is 1.50 bits per heavy atom. The lowest BCUT2D eigenvalue weighted by Crippen LogP contribution is -2.54. The van der Waals surface area contributed by atoms with Crippen molar-refractivity contribution in [2.24, 2.45) is 5.73 Å². The van der Waals surface area contributed by atoms with Gasteiger partial charge in [-0.05, 0) is 25.3 Å².